The summed E-state index contributed by atoms with van der Waals surface area (Å²) in [7, 11) is 0. The number of likely N-dealkylation sites (tertiary alicyclic amines) is 1. The first kappa shape index (κ1) is 10.5. The van der Waals surface area contributed by atoms with E-state index >= 15 is 0 Å². The first-order valence-electron chi connectivity index (χ1n) is 5.79. The van der Waals surface area contributed by atoms with Crippen LogP contribution in [0.4, 0.5) is 4.79 Å². The van der Waals surface area contributed by atoms with E-state index < -0.39 is 0 Å². The summed E-state index contributed by atoms with van der Waals surface area (Å²) in [5.74, 6) is 0.396. The summed E-state index contributed by atoms with van der Waals surface area (Å²) in [6.07, 6.45) is 5.68. The molecule has 0 aromatic heterocycles. The molecule has 1 saturated carbocycles. The van der Waals surface area contributed by atoms with Gasteiger partial charge in [-0.2, -0.15) is 0 Å². The highest BCUT2D eigenvalue weighted by molar-refractivity contribution is 5.83. The van der Waals surface area contributed by atoms with Gasteiger partial charge in [0.2, 0.25) is 0 Å². The fraction of sp³-hybridized carbons (Fsp3) is 0.818. The molecule has 2 atom stereocenters. The van der Waals surface area contributed by atoms with Gasteiger partial charge in [-0.1, -0.05) is 6.42 Å². The zero-order valence-electron chi connectivity index (χ0n) is 8.95. The highest BCUT2D eigenvalue weighted by Gasteiger charge is 2.38. The van der Waals surface area contributed by atoms with E-state index in [-0.39, 0.29) is 18.0 Å². The van der Waals surface area contributed by atoms with Crippen LogP contribution in [0.2, 0.25) is 0 Å². The van der Waals surface area contributed by atoms with Gasteiger partial charge in [0.1, 0.15) is 5.78 Å². The summed E-state index contributed by atoms with van der Waals surface area (Å²) in [5.41, 5.74) is 5.32. The molecule has 4 nitrogen and oxygen atoms in total. The number of primary amides is 1. The van der Waals surface area contributed by atoms with Gasteiger partial charge in [0, 0.05) is 24.9 Å². The summed E-state index contributed by atoms with van der Waals surface area (Å²) >= 11 is 0. The minimum atomic E-state index is -0.365. The molecule has 15 heavy (non-hydrogen) atoms. The average Bonchev–Trinajstić information content (AvgIpc) is 2.67. The van der Waals surface area contributed by atoms with E-state index in [1.165, 1.54) is 0 Å². The number of ketones is 1. The lowest BCUT2D eigenvalue weighted by atomic mass is 9.82. The molecule has 2 amide bonds. The molecule has 84 valence electrons. The molecule has 1 aliphatic heterocycles. The van der Waals surface area contributed by atoms with Crippen molar-refractivity contribution in [1.82, 2.24) is 4.90 Å². The van der Waals surface area contributed by atoms with Gasteiger partial charge in [0.05, 0.1) is 0 Å². The van der Waals surface area contributed by atoms with Crippen LogP contribution in [0.15, 0.2) is 0 Å². The molecule has 0 spiro atoms. The summed E-state index contributed by atoms with van der Waals surface area (Å²) in [5, 5.41) is 0. The number of Topliss-reactive ketones (excluding diaryl/α,β-unsaturated/α-hetero) is 1. The number of nitrogens with zero attached hydrogens (tertiary/aromatic N) is 1. The fourth-order valence-corrected chi connectivity index (χ4v) is 2.90. The average molecular weight is 210 g/mol. The number of hydrogen-bond acceptors (Lipinski definition) is 2. The van der Waals surface area contributed by atoms with Crippen molar-refractivity contribution in [1.29, 1.82) is 0 Å². The van der Waals surface area contributed by atoms with Crippen molar-refractivity contribution in [3.8, 4) is 0 Å². The number of urea groups is 1. The second-order valence-electron chi connectivity index (χ2n) is 4.56. The Morgan fingerprint density at radius 1 is 1.27 bits per heavy atom. The van der Waals surface area contributed by atoms with Crippen LogP contribution in [0.25, 0.3) is 0 Å². The Hall–Kier alpha value is -1.06. The van der Waals surface area contributed by atoms with Gasteiger partial charge in [-0.15, -0.1) is 0 Å². The predicted molar refractivity (Wildman–Crippen MR) is 56.3 cm³/mol. The number of carbonyl (C=O) groups excluding carboxylic acids is 2. The summed E-state index contributed by atoms with van der Waals surface area (Å²) < 4.78 is 0. The second kappa shape index (κ2) is 4.21. The molecule has 1 heterocycles. The molecule has 0 aromatic carbocycles. The maximum Gasteiger partial charge on any atom is 0.315 e. The number of hydrogen-bond donors (Lipinski definition) is 1. The van der Waals surface area contributed by atoms with Crippen LogP contribution in [-0.4, -0.2) is 29.3 Å². The molecule has 4 heteroatoms. The molecular formula is C11H18N2O2. The standard InChI is InChI=1S/C11H18N2O2/c12-11(15)13-7-3-5-9(13)8-4-1-2-6-10(8)14/h8-9H,1-7H2,(H2,12,15). The van der Waals surface area contributed by atoms with Gasteiger partial charge in [0.25, 0.3) is 0 Å². The summed E-state index contributed by atoms with van der Waals surface area (Å²) in [4.78, 5) is 24.7. The maximum atomic E-state index is 11.8. The van der Waals surface area contributed by atoms with Crippen LogP contribution in [0.5, 0.6) is 0 Å². The molecule has 2 aliphatic rings. The maximum absolute atomic E-state index is 11.8. The Balaban J connectivity index is 2.07. The number of amides is 2. The van der Waals surface area contributed by atoms with Crippen molar-refractivity contribution in [2.45, 2.75) is 44.6 Å². The van der Waals surface area contributed by atoms with Gasteiger partial charge in [0.15, 0.2) is 0 Å². The minimum Gasteiger partial charge on any atom is -0.351 e. The van der Waals surface area contributed by atoms with Crippen LogP contribution in [0.3, 0.4) is 0 Å². The third kappa shape index (κ3) is 1.98. The number of rotatable bonds is 1. The monoisotopic (exact) mass is 210 g/mol. The molecule has 0 bridgehead atoms. The molecule has 0 aromatic rings. The van der Waals surface area contributed by atoms with E-state index in [0.29, 0.717) is 12.2 Å². The zero-order chi connectivity index (χ0) is 10.8. The third-order valence-electron chi connectivity index (χ3n) is 3.65. The molecule has 0 radical (unpaired) electrons. The second-order valence-corrected chi connectivity index (χ2v) is 4.56. The Bertz CT molecular complexity index is 278. The smallest absolute Gasteiger partial charge is 0.315 e. The predicted octanol–water partition coefficient (Wildman–Crippen LogP) is 1.29. The van der Waals surface area contributed by atoms with Crippen LogP contribution in [0.1, 0.15) is 38.5 Å². The van der Waals surface area contributed by atoms with E-state index in [0.717, 1.165) is 38.6 Å². The highest BCUT2D eigenvalue weighted by Crippen LogP contribution is 2.31. The van der Waals surface area contributed by atoms with Crippen molar-refractivity contribution in [2.24, 2.45) is 11.7 Å². The molecule has 2 fully saturated rings. The molecule has 2 N–H and O–H groups in total. The van der Waals surface area contributed by atoms with Crippen LogP contribution in [0, 0.1) is 5.92 Å². The number of nitrogens with two attached hydrogens (primary N) is 1. The highest BCUT2D eigenvalue weighted by atomic mass is 16.2. The van der Waals surface area contributed by atoms with Crippen molar-refractivity contribution < 1.29 is 9.59 Å². The van der Waals surface area contributed by atoms with Crippen LogP contribution < -0.4 is 5.73 Å². The van der Waals surface area contributed by atoms with E-state index in [2.05, 4.69) is 0 Å². The Labute approximate surface area is 89.8 Å². The lowest BCUT2D eigenvalue weighted by Gasteiger charge is -2.31. The number of carbonyl (C=O) groups is 2. The van der Waals surface area contributed by atoms with E-state index in [4.69, 9.17) is 5.73 Å². The summed E-state index contributed by atoms with van der Waals surface area (Å²) in [6, 6.07) is -0.272. The lowest BCUT2D eigenvalue weighted by Crippen LogP contribution is -2.46. The fourth-order valence-electron chi connectivity index (χ4n) is 2.90. The van der Waals surface area contributed by atoms with Crippen molar-refractivity contribution >= 4 is 11.8 Å². The quantitative estimate of drug-likeness (QED) is 0.708. The third-order valence-corrected chi connectivity index (χ3v) is 3.65. The first-order chi connectivity index (χ1) is 7.20. The Morgan fingerprint density at radius 2 is 2.07 bits per heavy atom. The molecule has 2 rings (SSSR count). The topological polar surface area (TPSA) is 63.4 Å². The van der Waals surface area contributed by atoms with Crippen molar-refractivity contribution in [3.05, 3.63) is 0 Å². The Morgan fingerprint density at radius 3 is 2.73 bits per heavy atom. The SMILES string of the molecule is NC(=O)N1CCCC1C1CCCCC1=O. The lowest BCUT2D eigenvalue weighted by molar-refractivity contribution is -0.126. The Kier molecular flexibility index (Phi) is 2.93. The molecule has 1 saturated heterocycles. The van der Waals surface area contributed by atoms with E-state index in [1.807, 2.05) is 0 Å². The van der Waals surface area contributed by atoms with Crippen molar-refractivity contribution in [3.63, 3.8) is 0 Å². The van der Waals surface area contributed by atoms with Gasteiger partial charge in [-0.25, -0.2) is 4.79 Å². The summed E-state index contributed by atoms with van der Waals surface area (Å²) in [6.45, 7) is 0.726. The van der Waals surface area contributed by atoms with Gasteiger partial charge < -0.3 is 10.6 Å². The van der Waals surface area contributed by atoms with E-state index in [1.54, 1.807) is 4.90 Å². The molecule has 2 unspecified atom stereocenters. The van der Waals surface area contributed by atoms with Crippen LogP contribution >= 0.6 is 0 Å². The van der Waals surface area contributed by atoms with Gasteiger partial charge in [-0.05, 0) is 25.7 Å². The van der Waals surface area contributed by atoms with Gasteiger partial charge in [-0.3, -0.25) is 4.79 Å². The zero-order valence-corrected chi connectivity index (χ0v) is 8.95. The molecular weight excluding hydrogens is 192 g/mol. The van der Waals surface area contributed by atoms with E-state index in [9.17, 15) is 9.59 Å². The largest absolute Gasteiger partial charge is 0.351 e. The van der Waals surface area contributed by atoms with Gasteiger partial charge >= 0.3 is 6.03 Å². The first-order valence-corrected chi connectivity index (χ1v) is 5.79. The normalized spacial score (nSPS) is 32.0. The minimum absolute atomic E-state index is 0.0637. The molecule has 1 aliphatic carbocycles. The van der Waals surface area contributed by atoms with Crippen LogP contribution in [-0.2, 0) is 4.79 Å². The van der Waals surface area contributed by atoms with Crippen molar-refractivity contribution in [2.75, 3.05) is 6.54 Å².